The van der Waals surface area contributed by atoms with E-state index in [1.165, 1.54) is 11.6 Å². The molecule has 2 aromatic carbocycles. The summed E-state index contributed by atoms with van der Waals surface area (Å²) >= 11 is 0. The van der Waals surface area contributed by atoms with Crippen LogP contribution in [-0.2, 0) is 13.0 Å². The number of hydrogen-bond acceptors (Lipinski definition) is 2. The van der Waals surface area contributed by atoms with Crippen LogP contribution in [0.5, 0.6) is 5.75 Å². The van der Waals surface area contributed by atoms with Gasteiger partial charge in [0.2, 0.25) is 0 Å². The van der Waals surface area contributed by atoms with E-state index in [4.69, 9.17) is 4.74 Å². The molecule has 104 valence electrons. The Labute approximate surface area is 118 Å². The molecule has 0 aromatic heterocycles. The van der Waals surface area contributed by atoms with Crippen LogP contribution in [0.2, 0.25) is 0 Å². The third-order valence-electron chi connectivity index (χ3n) is 3.60. The zero-order valence-electron chi connectivity index (χ0n) is 11.3. The molecule has 0 spiro atoms. The molecule has 0 fully saturated rings. The zero-order chi connectivity index (χ0) is 13.8. The molecule has 1 aliphatic rings. The molecule has 0 saturated heterocycles. The summed E-state index contributed by atoms with van der Waals surface area (Å²) in [5, 5.41) is 3.41. The standard InChI is InChI=1S/C17H18FNO/c18-15-7-9-17-14(10-15)6-8-16(20-17)12-19-11-13-4-2-1-3-5-13/h1-5,7,9-10,16,19H,6,8,11-12H2/t16-/m0/s1. The minimum atomic E-state index is -0.187. The molecule has 0 bridgehead atoms. The third-order valence-corrected chi connectivity index (χ3v) is 3.60. The highest BCUT2D eigenvalue weighted by atomic mass is 19.1. The first-order chi connectivity index (χ1) is 9.81. The highest BCUT2D eigenvalue weighted by Gasteiger charge is 2.19. The Morgan fingerprint density at radius 1 is 1.15 bits per heavy atom. The molecule has 3 rings (SSSR count). The van der Waals surface area contributed by atoms with Gasteiger partial charge in [-0.1, -0.05) is 30.3 Å². The van der Waals surface area contributed by atoms with Crippen LogP contribution in [0, 0.1) is 5.82 Å². The SMILES string of the molecule is Fc1ccc2c(c1)CC[C@@H](CNCc1ccccc1)O2. The quantitative estimate of drug-likeness (QED) is 0.921. The van der Waals surface area contributed by atoms with Crippen LogP contribution < -0.4 is 10.1 Å². The second kappa shape index (κ2) is 6.06. The van der Waals surface area contributed by atoms with Crippen LogP contribution in [0.4, 0.5) is 4.39 Å². The van der Waals surface area contributed by atoms with E-state index in [-0.39, 0.29) is 11.9 Å². The predicted octanol–water partition coefficient (Wildman–Crippen LogP) is 3.31. The van der Waals surface area contributed by atoms with Gasteiger partial charge in [-0.2, -0.15) is 0 Å². The van der Waals surface area contributed by atoms with Gasteiger partial charge in [-0.25, -0.2) is 4.39 Å². The van der Waals surface area contributed by atoms with Crippen molar-refractivity contribution in [1.29, 1.82) is 0 Å². The number of aryl methyl sites for hydroxylation is 1. The highest BCUT2D eigenvalue weighted by Crippen LogP contribution is 2.27. The summed E-state index contributed by atoms with van der Waals surface area (Å²) in [6.45, 7) is 1.66. The molecular weight excluding hydrogens is 253 g/mol. The maximum absolute atomic E-state index is 13.1. The Morgan fingerprint density at radius 2 is 2.00 bits per heavy atom. The fourth-order valence-electron chi connectivity index (χ4n) is 2.53. The maximum Gasteiger partial charge on any atom is 0.123 e. The van der Waals surface area contributed by atoms with Gasteiger partial charge < -0.3 is 10.1 Å². The minimum absolute atomic E-state index is 0.164. The number of halogens is 1. The van der Waals surface area contributed by atoms with Crippen LogP contribution in [0.1, 0.15) is 17.5 Å². The maximum atomic E-state index is 13.1. The Kier molecular flexibility index (Phi) is 3.97. The molecule has 0 saturated carbocycles. The van der Waals surface area contributed by atoms with Crippen molar-refractivity contribution < 1.29 is 9.13 Å². The first-order valence-electron chi connectivity index (χ1n) is 7.01. The molecule has 0 amide bonds. The van der Waals surface area contributed by atoms with Gasteiger partial charge in [-0.3, -0.25) is 0 Å². The number of benzene rings is 2. The van der Waals surface area contributed by atoms with E-state index in [9.17, 15) is 4.39 Å². The fraction of sp³-hybridized carbons (Fsp3) is 0.294. The Morgan fingerprint density at radius 3 is 2.85 bits per heavy atom. The summed E-state index contributed by atoms with van der Waals surface area (Å²) in [7, 11) is 0. The van der Waals surface area contributed by atoms with Crippen molar-refractivity contribution in [3.8, 4) is 5.75 Å². The summed E-state index contributed by atoms with van der Waals surface area (Å²) in [6, 6.07) is 15.1. The third kappa shape index (κ3) is 3.17. The molecule has 0 unspecified atom stereocenters. The van der Waals surface area contributed by atoms with E-state index < -0.39 is 0 Å². The lowest BCUT2D eigenvalue weighted by Crippen LogP contribution is -2.33. The lowest BCUT2D eigenvalue weighted by atomic mass is 10.0. The Balaban J connectivity index is 1.52. The van der Waals surface area contributed by atoms with E-state index in [1.54, 1.807) is 12.1 Å². The van der Waals surface area contributed by atoms with Crippen molar-refractivity contribution in [2.24, 2.45) is 0 Å². The van der Waals surface area contributed by atoms with Gasteiger partial charge in [-0.05, 0) is 42.2 Å². The van der Waals surface area contributed by atoms with Crippen molar-refractivity contribution in [1.82, 2.24) is 5.32 Å². The molecule has 1 N–H and O–H groups in total. The number of hydrogen-bond donors (Lipinski definition) is 1. The van der Waals surface area contributed by atoms with E-state index in [2.05, 4.69) is 17.4 Å². The van der Waals surface area contributed by atoms with E-state index in [0.717, 1.165) is 37.2 Å². The van der Waals surface area contributed by atoms with Gasteiger partial charge in [0.25, 0.3) is 0 Å². The van der Waals surface area contributed by atoms with Crippen molar-refractivity contribution in [3.05, 3.63) is 65.5 Å². The van der Waals surface area contributed by atoms with E-state index in [1.807, 2.05) is 18.2 Å². The normalized spacial score (nSPS) is 17.4. The van der Waals surface area contributed by atoms with Gasteiger partial charge in [0.1, 0.15) is 17.7 Å². The van der Waals surface area contributed by atoms with Crippen LogP contribution in [0.15, 0.2) is 48.5 Å². The molecule has 0 aliphatic carbocycles. The molecule has 0 radical (unpaired) electrons. The topological polar surface area (TPSA) is 21.3 Å². The smallest absolute Gasteiger partial charge is 0.123 e. The second-order valence-electron chi connectivity index (χ2n) is 5.15. The Bertz CT molecular complexity index is 570. The van der Waals surface area contributed by atoms with Gasteiger partial charge >= 0.3 is 0 Å². The minimum Gasteiger partial charge on any atom is -0.489 e. The van der Waals surface area contributed by atoms with Crippen molar-refractivity contribution in [2.75, 3.05) is 6.54 Å². The van der Waals surface area contributed by atoms with Gasteiger partial charge in [-0.15, -0.1) is 0 Å². The molecule has 1 aliphatic heterocycles. The van der Waals surface area contributed by atoms with Gasteiger partial charge in [0, 0.05) is 13.1 Å². The molecule has 1 heterocycles. The molecule has 1 atom stereocenters. The second-order valence-corrected chi connectivity index (χ2v) is 5.15. The summed E-state index contributed by atoms with van der Waals surface area (Å²) in [6.07, 6.45) is 1.97. The summed E-state index contributed by atoms with van der Waals surface area (Å²) in [5.41, 5.74) is 2.25. The molecular formula is C17H18FNO. The molecule has 3 heteroatoms. The summed E-state index contributed by atoms with van der Waals surface area (Å²) in [4.78, 5) is 0. The van der Waals surface area contributed by atoms with E-state index >= 15 is 0 Å². The number of ether oxygens (including phenoxy) is 1. The lowest BCUT2D eigenvalue weighted by Gasteiger charge is -2.26. The molecule has 2 nitrogen and oxygen atoms in total. The summed E-state index contributed by atoms with van der Waals surface area (Å²) in [5.74, 6) is 0.636. The number of fused-ring (bicyclic) bond motifs is 1. The monoisotopic (exact) mass is 271 g/mol. The Hall–Kier alpha value is -1.87. The van der Waals surface area contributed by atoms with Gasteiger partial charge in [0.05, 0.1) is 0 Å². The number of rotatable bonds is 4. The van der Waals surface area contributed by atoms with Crippen LogP contribution >= 0.6 is 0 Å². The van der Waals surface area contributed by atoms with E-state index in [0.29, 0.717) is 0 Å². The first kappa shape index (κ1) is 13.1. The largest absolute Gasteiger partial charge is 0.489 e. The van der Waals surface area contributed by atoms with Crippen molar-refractivity contribution >= 4 is 0 Å². The van der Waals surface area contributed by atoms with Crippen molar-refractivity contribution in [3.63, 3.8) is 0 Å². The van der Waals surface area contributed by atoms with Crippen molar-refractivity contribution in [2.45, 2.75) is 25.5 Å². The van der Waals surface area contributed by atoms with Gasteiger partial charge in [0.15, 0.2) is 0 Å². The highest BCUT2D eigenvalue weighted by molar-refractivity contribution is 5.35. The average molecular weight is 271 g/mol. The summed E-state index contributed by atoms with van der Waals surface area (Å²) < 4.78 is 19.0. The average Bonchev–Trinajstić information content (AvgIpc) is 2.48. The lowest BCUT2D eigenvalue weighted by molar-refractivity contribution is 0.170. The first-order valence-corrected chi connectivity index (χ1v) is 7.01. The molecule has 20 heavy (non-hydrogen) atoms. The van der Waals surface area contributed by atoms with Crippen LogP contribution in [0.3, 0.4) is 0 Å². The number of nitrogens with one attached hydrogen (secondary N) is 1. The molecule has 2 aromatic rings. The van der Waals surface area contributed by atoms with Crippen LogP contribution in [-0.4, -0.2) is 12.6 Å². The predicted molar refractivity (Wildman–Crippen MR) is 77.3 cm³/mol. The van der Waals surface area contributed by atoms with Crippen LogP contribution in [0.25, 0.3) is 0 Å². The zero-order valence-corrected chi connectivity index (χ0v) is 11.3. The fourth-order valence-corrected chi connectivity index (χ4v) is 2.53.